The van der Waals surface area contributed by atoms with Gasteiger partial charge in [-0.05, 0) is 16.3 Å². The van der Waals surface area contributed by atoms with Gasteiger partial charge in [-0.2, -0.15) is 10.0 Å². The van der Waals surface area contributed by atoms with Gasteiger partial charge in [-0.25, -0.2) is 4.42 Å². The molecule has 6 nitrogen and oxygen atoms in total. The maximum Gasteiger partial charge on any atom is 0.443 e. The van der Waals surface area contributed by atoms with Crippen LogP contribution >= 0.6 is 20.0 Å². The van der Waals surface area contributed by atoms with Gasteiger partial charge in [0.15, 0.2) is 0 Å². The monoisotopic (exact) mass is 328 g/mol. The molecule has 20 heavy (non-hydrogen) atoms. The van der Waals surface area contributed by atoms with E-state index in [0.717, 1.165) is 13.1 Å². The molecule has 1 atom stereocenters. The Kier molecular flexibility index (Phi) is 15.9. The second-order valence-corrected chi connectivity index (χ2v) is 5.19. The third-order valence-corrected chi connectivity index (χ3v) is 4.07. The normalized spacial score (nSPS) is 12.1. The zero-order valence-electron chi connectivity index (χ0n) is 13.7. The van der Waals surface area contributed by atoms with Crippen LogP contribution in [0.1, 0.15) is 41.5 Å². The molecular formula is C12H30ClN4O2P. The summed E-state index contributed by atoms with van der Waals surface area (Å²) in [4.78, 5) is 12.4. The van der Waals surface area contributed by atoms with Crippen LogP contribution in [0.2, 0.25) is 0 Å². The minimum atomic E-state index is -2.58. The molecule has 0 amide bonds. The van der Waals surface area contributed by atoms with Crippen LogP contribution < -0.4 is 4.89 Å². The fraction of sp³-hybridized carbons (Fsp3) is 1.00. The summed E-state index contributed by atoms with van der Waals surface area (Å²) in [5.41, 5.74) is 0. The van der Waals surface area contributed by atoms with Gasteiger partial charge in [0.1, 0.15) is 0 Å². The van der Waals surface area contributed by atoms with Crippen molar-refractivity contribution in [3.63, 3.8) is 0 Å². The van der Waals surface area contributed by atoms with Gasteiger partial charge in [-0.1, -0.05) is 41.5 Å². The Balaban J connectivity index is 0. The van der Waals surface area contributed by atoms with Crippen LogP contribution in [0.3, 0.4) is 0 Å². The summed E-state index contributed by atoms with van der Waals surface area (Å²) in [5, 5.41) is 3.58. The molecule has 0 bridgehead atoms. The number of rotatable bonds is 9. The minimum absolute atomic E-state index is 0.691. The van der Waals surface area contributed by atoms with Gasteiger partial charge in [-0.3, -0.25) is 0 Å². The summed E-state index contributed by atoms with van der Waals surface area (Å²) < 4.78 is 12.8. The Bertz CT molecular complexity index is 225. The summed E-state index contributed by atoms with van der Waals surface area (Å²) in [5.74, 6) is 0. The predicted octanol–water partition coefficient (Wildman–Crippen LogP) is 2.30. The minimum Gasteiger partial charge on any atom is -0.576 e. The highest BCUT2D eigenvalue weighted by atomic mass is 35.5. The van der Waals surface area contributed by atoms with E-state index in [9.17, 15) is 9.46 Å². The van der Waals surface area contributed by atoms with Crippen LogP contribution in [0.5, 0.6) is 0 Å². The van der Waals surface area contributed by atoms with Gasteiger partial charge < -0.3 is 4.89 Å². The maximum absolute atomic E-state index is 11.1. The van der Waals surface area contributed by atoms with E-state index >= 15 is 0 Å². The van der Waals surface area contributed by atoms with Gasteiger partial charge in [0.05, 0.1) is 0 Å². The zero-order valence-corrected chi connectivity index (χ0v) is 15.3. The van der Waals surface area contributed by atoms with E-state index in [2.05, 4.69) is 0 Å². The quantitative estimate of drug-likeness (QED) is 0.368. The number of hydrogen-bond donors (Lipinski definition) is 0. The summed E-state index contributed by atoms with van der Waals surface area (Å²) in [6, 6.07) is 0. The van der Waals surface area contributed by atoms with Gasteiger partial charge in [-0.15, -0.1) is 0 Å². The molecule has 0 aromatic heterocycles. The molecule has 0 saturated heterocycles. The molecular weight excluding hydrogens is 299 g/mol. The Labute approximate surface area is 130 Å². The van der Waals surface area contributed by atoms with Crippen molar-refractivity contribution < 1.29 is 9.46 Å². The highest BCUT2D eigenvalue weighted by molar-refractivity contribution is 7.33. The molecule has 0 saturated carbocycles. The topological polar surface area (TPSA) is 53.1 Å². The summed E-state index contributed by atoms with van der Waals surface area (Å²) in [6.45, 7) is 16.4. The van der Waals surface area contributed by atoms with Crippen LogP contribution in [-0.4, -0.2) is 58.6 Å². The third kappa shape index (κ3) is 9.19. The number of nitrogens with zero attached hydrogens (tertiary/aromatic N) is 4. The van der Waals surface area contributed by atoms with E-state index in [1.807, 2.05) is 41.5 Å². The van der Waals surface area contributed by atoms with E-state index < -0.39 is 8.18 Å². The molecule has 0 fully saturated rings. The van der Waals surface area contributed by atoms with Gasteiger partial charge in [0, 0.05) is 44.2 Å². The first-order valence-electron chi connectivity index (χ1n) is 7.27. The molecule has 0 aliphatic carbocycles. The zero-order chi connectivity index (χ0) is 16.1. The maximum atomic E-state index is 11.1. The molecule has 0 rings (SSSR count). The van der Waals surface area contributed by atoms with Gasteiger partial charge >= 0.3 is 8.18 Å². The van der Waals surface area contributed by atoms with Crippen molar-refractivity contribution in [2.24, 2.45) is 0 Å². The average Bonchev–Trinajstić information content (AvgIpc) is 2.47. The van der Waals surface area contributed by atoms with Crippen molar-refractivity contribution in [1.29, 1.82) is 0 Å². The van der Waals surface area contributed by atoms with Crippen molar-refractivity contribution in [3.8, 4) is 0 Å². The molecule has 0 aromatic rings. The number of halogens is 1. The Morgan fingerprint density at radius 3 is 1.20 bits per heavy atom. The molecule has 0 N–H and O–H groups in total. The Morgan fingerprint density at radius 2 is 1.10 bits per heavy atom. The van der Waals surface area contributed by atoms with Crippen molar-refractivity contribution in [1.82, 2.24) is 19.3 Å². The van der Waals surface area contributed by atoms with E-state index in [1.165, 1.54) is 4.89 Å². The SMILES string of the molecule is CCN(CC)N(N(CC)CC)[P+](=O)[O-].CCN(Cl)CC. The number of hydrogen-bond acceptors (Lipinski definition) is 5. The lowest BCUT2D eigenvalue weighted by Gasteiger charge is -2.32. The van der Waals surface area contributed by atoms with Crippen molar-refractivity contribution >= 4 is 20.0 Å². The van der Waals surface area contributed by atoms with E-state index in [1.54, 1.807) is 14.4 Å². The second-order valence-electron chi connectivity index (χ2n) is 3.88. The first-order chi connectivity index (χ1) is 9.42. The van der Waals surface area contributed by atoms with Crippen molar-refractivity contribution in [2.75, 3.05) is 39.3 Å². The lowest BCUT2D eigenvalue weighted by atomic mass is 10.6. The molecule has 0 aromatic carbocycles. The molecule has 0 radical (unpaired) electrons. The van der Waals surface area contributed by atoms with Crippen LogP contribution in [0.4, 0.5) is 0 Å². The van der Waals surface area contributed by atoms with Gasteiger partial charge in [0.25, 0.3) is 0 Å². The van der Waals surface area contributed by atoms with Crippen LogP contribution in [0, 0.1) is 0 Å². The summed E-state index contributed by atoms with van der Waals surface area (Å²) in [7, 11) is -2.58. The van der Waals surface area contributed by atoms with E-state index in [4.69, 9.17) is 11.8 Å². The van der Waals surface area contributed by atoms with Crippen molar-refractivity contribution in [3.05, 3.63) is 0 Å². The largest absolute Gasteiger partial charge is 0.576 e. The Hall–Kier alpha value is 0.190. The van der Waals surface area contributed by atoms with Gasteiger partial charge in [0.2, 0.25) is 0 Å². The van der Waals surface area contributed by atoms with Crippen LogP contribution in [-0.2, 0) is 4.57 Å². The third-order valence-electron chi connectivity index (χ3n) is 2.80. The van der Waals surface area contributed by atoms with Crippen LogP contribution in [0.15, 0.2) is 0 Å². The molecule has 0 spiro atoms. The summed E-state index contributed by atoms with van der Waals surface area (Å²) in [6.07, 6.45) is 0. The standard InChI is InChI=1S/C8H20N3O2P.C4H10ClN/c1-5-9(6-2)11(14(12)13)10(7-3)8-4;1-3-6(5)4-2/h5-8H2,1-4H3;3-4H2,1-2H3. The average molecular weight is 329 g/mol. The lowest BCUT2D eigenvalue weighted by Crippen LogP contribution is -2.50. The lowest BCUT2D eigenvalue weighted by molar-refractivity contribution is -0.217. The highest BCUT2D eigenvalue weighted by Gasteiger charge is 2.29. The van der Waals surface area contributed by atoms with Crippen molar-refractivity contribution in [2.45, 2.75) is 41.5 Å². The molecule has 0 aliphatic rings. The molecule has 8 heteroatoms. The van der Waals surface area contributed by atoms with E-state index in [0.29, 0.717) is 26.2 Å². The smallest absolute Gasteiger partial charge is 0.443 e. The fourth-order valence-electron chi connectivity index (χ4n) is 1.56. The number of hydrazine groups is 2. The second kappa shape index (κ2) is 14.1. The molecule has 1 unspecified atom stereocenters. The predicted molar refractivity (Wildman–Crippen MR) is 84.1 cm³/mol. The first kappa shape index (κ1) is 22.5. The first-order valence-corrected chi connectivity index (χ1v) is 8.74. The fourth-order valence-corrected chi connectivity index (χ4v) is 2.48. The molecule has 122 valence electrons. The van der Waals surface area contributed by atoms with E-state index in [-0.39, 0.29) is 0 Å². The highest BCUT2D eigenvalue weighted by Crippen LogP contribution is 2.22. The molecule has 0 heterocycles. The Morgan fingerprint density at radius 1 is 0.800 bits per heavy atom. The molecule has 0 aliphatic heterocycles. The summed E-state index contributed by atoms with van der Waals surface area (Å²) >= 11 is 5.48. The van der Waals surface area contributed by atoms with Crippen LogP contribution in [0.25, 0.3) is 0 Å².